The molecule has 0 N–H and O–H groups in total. The van der Waals surface area contributed by atoms with Crippen LogP contribution in [0.15, 0.2) is 34.8 Å². The molecule has 0 aliphatic carbocycles. The molecule has 0 atom stereocenters. The second-order valence-corrected chi connectivity index (χ2v) is 3.94. The second kappa shape index (κ2) is 4.96. The van der Waals surface area contributed by atoms with Gasteiger partial charge in [0.15, 0.2) is 0 Å². The van der Waals surface area contributed by atoms with Gasteiger partial charge in [-0.15, -0.1) is 0 Å². The van der Waals surface area contributed by atoms with Crippen molar-refractivity contribution in [2.24, 2.45) is 0 Å². The molecular weight excluding hydrogens is 242 g/mol. The molecule has 0 aliphatic rings. The Balaban J connectivity index is 2.79. The lowest BCUT2D eigenvalue weighted by Gasteiger charge is -2.05. The second-order valence-electron chi connectivity index (χ2n) is 3.09. The molecule has 1 aromatic rings. The fraction of sp³-hybridized carbons (Fsp3) is 0.182. The molecule has 14 heavy (non-hydrogen) atoms. The average Bonchev–Trinajstić information content (AvgIpc) is 2.16. The summed E-state index contributed by atoms with van der Waals surface area (Å²) in [5.74, 6) is -0.0132. The van der Waals surface area contributed by atoms with E-state index in [2.05, 4.69) is 15.9 Å². The molecule has 0 aliphatic heterocycles. The molecule has 0 saturated heterocycles. The first-order valence-corrected chi connectivity index (χ1v) is 5.04. The van der Waals surface area contributed by atoms with Crippen molar-refractivity contribution in [2.45, 2.75) is 0 Å². The third-order valence-corrected chi connectivity index (χ3v) is 2.47. The highest BCUT2D eigenvalue weighted by Gasteiger charge is 1.98. The van der Waals surface area contributed by atoms with Crippen molar-refractivity contribution in [3.05, 3.63) is 40.4 Å². The lowest BCUT2D eigenvalue weighted by Crippen LogP contribution is -2.18. The Morgan fingerprint density at radius 2 is 2.00 bits per heavy atom. The summed E-state index contributed by atoms with van der Waals surface area (Å²) in [6, 6.07) is 7.77. The van der Waals surface area contributed by atoms with Crippen LogP contribution in [0.4, 0.5) is 0 Å². The van der Waals surface area contributed by atoms with Crippen LogP contribution in [-0.4, -0.2) is 24.9 Å². The minimum atomic E-state index is -0.0132. The first-order valence-electron chi connectivity index (χ1n) is 4.25. The zero-order chi connectivity index (χ0) is 10.6. The van der Waals surface area contributed by atoms with E-state index in [0.717, 1.165) is 10.0 Å². The lowest BCUT2D eigenvalue weighted by atomic mass is 10.2. The molecule has 0 radical (unpaired) electrons. The highest BCUT2D eigenvalue weighted by Crippen LogP contribution is 2.16. The number of halogens is 1. The van der Waals surface area contributed by atoms with Crippen molar-refractivity contribution in [2.75, 3.05) is 14.1 Å². The summed E-state index contributed by atoms with van der Waals surface area (Å²) >= 11 is 3.41. The van der Waals surface area contributed by atoms with Gasteiger partial charge in [0.25, 0.3) is 0 Å². The topological polar surface area (TPSA) is 20.3 Å². The number of carbonyl (C=O) groups is 1. The molecule has 0 saturated carbocycles. The number of carbonyl (C=O) groups excluding carboxylic acids is 1. The average molecular weight is 254 g/mol. The Hall–Kier alpha value is -1.09. The molecule has 0 aromatic heterocycles. The van der Waals surface area contributed by atoms with Crippen LogP contribution < -0.4 is 0 Å². The first kappa shape index (κ1) is 11.0. The van der Waals surface area contributed by atoms with Crippen LogP contribution in [0.1, 0.15) is 5.56 Å². The van der Waals surface area contributed by atoms with Crippen molar-refractivity contribution in [3.63, 3.8) is 0 Å². The lowest BCUT2D eigenvalue weighted by molar-refractivity contribution is -0.123. The van der Waals surface area contributed by atoms with Crippen molar-refractivity contribution < 1.29 is 4.79 Å². The van der Waals surface area contributed by atoms with Crippen molar-refractivity contribution in [3.8, 4) is 0 Å². The van der Waals surface area contributed by atoms with E-state index in [0.29, 0.717) is 0 Å². The highest BCUT2D eigenvalue weighted by molar-refractivity contribution is 9.10. The highest BCUT2D eigenvalue weighted by atomic mass is 79.9. The Labute approximate surface area is 92.4 Å². The molecule has 1 amide bonds. The predicted molar refractivity (Wildman–Crippen MR) is 61.9 cm³/mol. The third-order valence-electron chi connectivity index (χ3n) is 1.75. The maximum atomic E-state index is 11.3. The molecule has 0 unspecified atom stereocenters. The van der Waals surface area contributed by atoms with Crippen LogP contribution in [0.3, 0.4) is 0 Å². The summed E-state index contributed by atoms with van der Waals surface area (Å²) in [5, 5.41) is 0. The number of nitrogens with zero attached hydrogens (tertiary/aromatic N) is 1. The number of rotatable bonds is 2. The fourth-order valence-corrected chi connectivity index (χ4v) is 1.34. The van der Waals surface area contributed by atoms with Gasteiger partial charge in [-0.1, -0.05) is 34.1 Å². The standard InChI is InChI=1S/C11H12BrNO/c1-13(2)11(14)8-7-9-5-3-4-6-10(9)12/h3-8H,1-2H3/b8-7+. The largest absolute Gasteiger partial charge is 0.345 e. The summed E-state index contributed by atoms with van der Waals surface area (Å²) < 4.78 is 0.989. The summed E-state index contributed by atoms with van der Waals surface area (Å²) in [4.78, 5) is 12.8. The number of likely N-dealkylation sites (N-methyl/N-ethyl adjacent to an activating group) is 1. The van der Waals surface area contributed by atoms with Gasteiger partial charge in [-0.05, 0) is 17.7 Å². The Morgan fingerprint density at radius 1 is 1.36 bits per heavy atom. The van der Waals surface area contributed by atoms with Gasteiger partial charge < -0.3 is 4.90 Å². The molecule has 2 nitrogen and oxygen atoms in total. The van der Waals surface area contributed by atoms with Crippen molar-refractivity contribution in [1.82, 2.24) is 4.90 Å². The van der Waals surface area contributed by atoms with Crippen molar-refractivity contribution >= 4 is 27.9 Å². The number of benzene rings is 1. The molecule has 0 spiro atoms. The van der Waals surface area contributed by atoms with E-state index in [9.17, 15) is 4.79 Å². The minimum absolute atomic E-state index is 0.0132. The van der Waals surface area contributed by atoms with E-state index < -0.39 is 0 Å². The van der Waals surface area contributed by atoms with Crippen LogP contribution in [-0.2, 0) is 4.79 Å². The van der Waals surface area contributed by atoms with Gasteiger partial charge in [0, 0.05) is 24.6 Å². The smallest absolute Gasteiger partial charge is 0.246 e. The van der Waals surface area contributed by atoms with Gasteiger partial charge in [0.05, 0.1) is 0 Å². The van der Waals surface area contributed by atoms with Crippen LogP contribution in [0.25, 0.3) is 6.08 Å². The van der Waals surface area contributed by atoms with E-state index in [4.69, 9.17) is 0 Å². The minimum Gasteiger partial charge on any atom is -0.345 e. The molecule has 1 aromatic carbocycles. The van der Waals surface area contributed by atoms with E-state index in [1.54, 1.807) is 26.2 Å². The maximum Gasteiger partial charge on any atom is 0.246 e. The summed E-state index contributed by atoms with van der Waals surface area (Å²) in [6.45, 7) is 0. The van der Waals surface area contributed by atoms with E-state index in [-0.39, 0.29) is 5.91 Å². The Bertz CT molecular complexity index is 358. The van der Waals surface area contributed by atoms with Gasteiger partial charge in [-0.3, -0.25) is 4.79 Å². The maximum absolute atomic E-state index is 11.3. The summed E-state index contributed by atoms with van der Waals surface area (Å²) in [7, 11) is 3.46. The molecular formula is C11H12BrNO. The predicted octanol–water partition coefficient (Wildman–Crippen LogP) is 2.55. The molecule has 0 bridgehead atoms. The zero-order valence-electron chi connectivity index (χ0n) is 8.20. The monoisotopic (exact) mass is 253 g/mol. The van der Waals surface area contributed by atoms with Crippen LogP contribution in [0.2, 0.25) is 0 Å². The normalized spacial score (nSPS) is 10.5. The van der Waals surface area contributed by atoms with Gasteiger partial charge in [0.1, 0.15) is 0 Å². The third kappa shape index (κ3) is 3.00. The Kier molecular flexibility index (Phi) is 3.89. The number of amides is 1. The molecule has 0 fully saturated rings. The van der Waals surface area contributed by atoms with Crippen LogP contribution in [0, 0.1) is 0 Å². The molecule has 3 heteroatoms. The fourth-order valence-electron chi connectivity index (χ4n) is 0.920. The SMILES string of the molecule is CN(C)C(=O)/C=C/c1ccccc1Br. The van der Waals surface area contributed by atoms with Gasteiger partial charge in [0.2, 0.25) is 5.91 Å². The number of hydrogen-bond donors (Lipinski definition) is 0. The molecule has 1 rings (SSSR count). The van der Waals surface area contributed by atoms with Gasteiger partial charge in [-0.25, -0.2) is 0 Å². The van der Waals surface area contributed by atoms with E-state index >= 15 is 0 Å². The molecule has 0 heterocycles. The van der Waals surface area contributed by atoms with Gasteiger partial charge >= 0.3 is 0 Å². The molecule has 74 valence electrons. The zero-order valence-corrected chi connectivity index (χ0v) is 9.78. The quantitative estimate of drug-likeness (QED) is 0.743. The summed E-state index contributed by atoms with van der Waals surface area (Å²) in [5.41, 5.74) is 1.00. The van der Waals surface area contributed by atoms with Crippen LogP contribution >= 0.6 is 15.9 Å². The van der Waals surface area contributed by atoms with E-state index in [1.807, 2.05) is 24.3 Å². The van der Waals surface area contributed by atoms with Crippen LogP contribution in [0.5, 0.6) is 0 Å². The first-order chi connectivity index (χ1) is 6.61. The van der Waals surface area contributed by atoms with Crippen molar-refractivity contribution in [1.29, 1.82) is 0 Å². The Morgan fingerprint density at radius 3 is 2.57 bits per heavy atom. The van der Waals surface area contributed by atoms with E-state index in [1.165, 1.54) is 4.90 Å². The summed E-state index contributed by atoms with van der Waals surface area (Å²) in [6.07, 6.45) is 3.35. The number of hydrogen-bond acceptors (Lipinski definition) is 1. The van der Waals surface area contributed by atoms with Gasteiger partial charge in [-0.2, -0.15) is 0 Å².